The predicted molar refractivity (Wildman–Crippen MR) is 103 cm³/mol. The Morgan fingerprint density at radius 1 is 1.30 bits per heavy atom. The summed E-state index contributed by atoms with van der Waals surface area (Å²) in [6.45, 7) is 5.12. The molecule has 1 aliphatic heterocycles. The molecule has 2 aliphatic rings. The van der Waals surface area contributed by atoms with E-state index in [1.54, 1.807) is 6.92 Å². The fourth-order valence-electron chi connectivity index (χ4n) is 3.78. The Balaban J connectivity index is 0.000000197. The number of nitrogens with zero attached hydrogens (tertiary/aromatic N) is 1. The van der Waals surface area contributed by atoms with Crippen LogP contribution in [-0.2, 0) is 4.74 Å². The van der Waals surface area contributed by atoms with Gasteiger partial charge in [-0.3, -0.25) is 4.79 Å². The van der Waals surface area contributed by atoms with E-state index in [2.05, 4.69) is 0 Å². The van der Waals surface area contributed by atoms with Gasteiger partial charge in [0.1, 0.15) is 0 Å². The highest BCUT2D eigenvalue weighted by molar-refractivity contribution is 6.34. The van der Waals surface area contributed by atoms with Gasteiger partial charge in [-0.2, -0.15) is 0 Å². The Morgan fingerprint density at radius 2 is 2.00 bits per heavy atom. The van der Waals surface area contributed by atoms with E-state index in [4.69, 9.17) is 16.3 Å². The molecule has 3 heterocycles. The molecule has 0 amide bonds. The van der Waals surface area contributed by atoms with E-state index in [1.165, 1.54) is 0 Å². The molecule has 0 N–H and O–H groups in total. The number of aromatic nitrogens is 1. The summed E-state index contributed by atoms with van der Waals surface area (Å²) < 4.78 is 32.2. The quantitative estimate of drug-likeness (QED) is 0.570. The lowest BCUT2D eigenvalue weighted by Crippen LogP contribution is -2.23. The molecule has 3 nitrogen and oxygen atoms in total. The molecular weight excluding hydrogens is 372 g/mol. The van der Waals surface area contributed by atoms with Gasteiger partial charge in [-0.15, -0.1) is 0 Å². The van der Waals surface area contributed by atoms with Gasteiger partial charge < -0.3 is 9.14 Å². The van der Waals surface area contributed by atoms with E-state index in [0.717, 1.165) is 30.8 Å². The lowest BCUT2D eigenvalue weighted by molar-refractivity contribution is -0.0438. The maximum Gasteiger partial charge on any atom is 0.248 e. The van der Waals surface area contributed by atoms with Crippen molar-refractivity contribution in [2.24, 2.45) is 5.92 Å². The molecule has 0 radical (unpaired) electrons. The predicted octanol–water partition coefficient (Wildman–Crippen LogP) is 6.13. The van der Waals surface area contributed by atoms with Gasteiger partial charge in [0.15, 0.2) is 5.78 Å². The van der Waals surface area contributed by atoms with Crippen LogP contribution in [0.25, 0.3) is 5.52 Å². The first-order valence-electron chi connectivity index (χ1n) is 9.54. The minimum atomic E-state index is -2.34. The van der Waals surface area contributed by atoms with E-state index in [9.17, 15) is 13.6 Å². The zero-order chi connectivity index (χ0) is 19.6. The topological polar surface area (TPSA) is 30.7 Å². The average Bonchev–Trinajstić information content (AvgIpc) is 3.26. The zero-order valence-electron chi connectivity index (χ0n) is 15.8. The lowest BCUT2D eigenvalue weighted by atomic mass is 9.88. The van der Waals surface area contributed by atoms with Gasteiger partial charge >= 0.3 is 0 Å². The zero-order valence-corrected chi connectivity index (χ0v) is 16.6. The summed E-state index contributed by atoms with van der Waals surface area (Å²) in [6, 6.07) is 5.68. The molecule has 1 saturated heterocycles. The van der Waals surface area contributed by atoms with Gasteiger partial charge in [0, 0.05) is 42.8 Å². The highest BCUT2D eigenvalue weighted by Gasteiger charge is 2.33. The smallest absolute Gasteiger partial charge is 0.248 e. The number of Topliss-reactive ketones (excluding diaryl/α,β-unsaturated/α-hetero) is 1. The number of carbonyl (C=O) groups excluding carboxylic acids is 1. The number of carbonyl (C=O) groups is 1. The van der Waals surface area contributed by atoms with Crippen LogP contribution in [-0.4, -0.2) is 29.3 Å². The molecule has 0 bridgehead atoms. The summed E-state index contributed by atoms with van der Waals surface area (Å²) in [5.41, 5.74) is 2.63. The molecule has 1 aliphatic carbocycles. The third-order valence-corrected chi connectivity index (χ3v) is 5.81. The third-order valence-electron chi connectivity index (χ3n) is 5.50. The van der Waals surface area contributed by atoms with Gasteiger partial charge in [-0.25, -0.2) is 8.78 Å². The molecule has 1 atom stereocenters. The minimum Gasteiger partial charge on any atom is -0.381 e. The number of rotatable bonds is 2. The molecule has 4 rings (SSSR count). The minimum absolute atomic E-state index is 0.0470. The highest BCUT2D eigenvalue weighted by atomic mass is 35.5. The summed E-state index contributed by atoms with van der Waals surface area (Å²) >= 11 is 6.22. The maximum atomic E-state index is 12.4. The Bertz CT molecular complexity index is 802. The van der Waals surface area contributed by atoms with Crippen molar-refractivity contribution in [3.05, 3.63) is 40.7 Å². The van der Waals surface area contributed by atoms with Crippen LogP contribution in [0.15, 0.2) is 24.4 Å². The Labute approximate surface area is 163 Å². The van der Waals surface area contributed by atoms with E-state index >= 15 is 0 Å². The van der Waals surface area contributed by atoms with Crippen molar-refractivity contribution in [2.45, 2.75) is 57.8 Å². The molecule has 148 valence electrons. The summed E-state index contributed by atoms with van der Waals surface area (Å²) in [6.07, 6.45) is 4.57. The van der Waals surface area contributed by atoms with Gasteiger partial charge in [-0.1, -0.05) is 18.5 Å². The fraction of sp³-hybridized carbons (Fsp3) is 0.571. The third kappa shape index (κ3) is 4.69. The average molecular weight is 398 g/mol. The second-order valence-electron chi connectivity index (χ2n) is 7.71. The fourth-order valence-corrected chi connectivity index (χ4v) is 4.04. The van der Waals surface area contributed by atoms with Crippen LogP contribution in [0.5, 0.6) is 0 Å². The highest BCUT2D eigenvalue weighted by Crippen LogP contribution is 2.35. The number of pyridine rings is 1. The van der Waals surface area contributed by atoms with Crippen molar-refractivity contribution in [3.8, 4) is 0 Å². The van der Waals surface area contributed by atoms with Crippen LogP contribution in [0.3, 0.4) is 0 Å². The monoisotopic (exact) mass is 397 g/mol. The number of ether oxygens (including phenoxy) is 1. The Kier molecular flexibility index (Phi) is 6.21. The van der Waals surface area contributed by atoms with Crippen LogP contribution in [0.1, 0.15) is 67.9 Å². The Morgan fingerprint density at radius 3 is 2.56 bits per heavy atom. The molecule has 1 saturated carbocycles. The molecule has 2 aromatic rings. The molecule has 2 aromatic heterocycles. The van der Waals surface area contributed by atoms with Crippen molar-refractivity contribution in [1.29, 1.82) is 0 Å². The first-order chi connectivity index (χ1) is 12.8. The largest absolute Gasteiger partial charge is 0.381 e. The van der Waals surface area contributed by atoms with Gasteiger partial charge in [0.25, 0.3) is 0 Å². The number of fused-ring (bicyclic) bond motifs is 1. The summed E-state index contributed by atoms with van der Waals surface area (Å²) in [5.74, 6) is -1.42. The van der Waals surface area contributed by atoms with E-state index in [-0.39, 0.29) is 18.6 Å². The second kappa shape index (κ2) is 8.27. The molecule has 27 heavy (non-hydrogen) atoms. The van der Waals surface area contributed by atoms with Crippen LogP contribution >= 0.6 is 11.6 Å². The number of ketones is 1. The number of alkyl halides is 2. The number of halogens is 3. The van der Waals surface area contributed by atoms with E-state index in [0.29, 0.717) is 35.3 Å². The molecular formula is C21H26ClF2NO2. The number of hydrogen-bond donors (Lipinski definition) is 0. The van der Waals surface area contributed by atoms with Gasteiger partial charge in [0.2, 0.25) is 5.92 Å². The van der Waals surface area contributed by atoms with Gasteiger partial charge in [0.05, 0.1) is 17.1 Å². The molecule has 1 unspecified atom stereocenters. The summed E-state index contributed by atoms with van der Waals surface area (Å²) in [4.78, 5) is 11.7. The van der Waals surface area contributed by atoms with Crippen molar-refractivity contribution < 1.29 is 18.3 Å². The van der Waals surface area contributed by atoms with Crippen LogP contribution in [0, 0.1) is 5.92 Å². The van der Waals surface area contributed by atoms with E-state index < -0.39 is 5.92 Å². The second-order valence-corrected chi connectivity index (χ2v) is 8.12. The van der Waals surface area contributed by atoms with E-state index in [1.807, 2.05) is 35.7 Å². The molecule has 2 fully saturated rings. The first-order valence-corrected chi connectivity index (χ1v) is 9.92. The summed E-state index contributed by atoms with van der Waals surface area (Å²) in [5, 5.41) is 0.618. The van der Waals surface area contributed by atoms with Crippen LogP contribution < -0.4 is 0 Å². The van der Waals surface area contributed by atoms with Crippen molar-refractivity contribution in [1.82, 2.24) is 4.40 Å². The van der Waals surface area contributed by atoms with Crippen LogP contribution in [0.2, 0.25) is 5.02 Å². The first kappa shape index (κ1) is 20.3. The maximum absolute atomic E-state index is 12.4. The summed E-state index contributed by atoms with van der Waals surface area (Å²) in [7, 11) is 0. The Hall–Kier alpha value is -1.46. The SMILES string of the molecule is CC(=O)c1cc(C2CCOC2)n2cccc(Cl)c12.CC1CCC(F)(F)CC1. The van der Waals surface area contributed by atoms with Crippen molar-refractivity contribution in [3.63, 3.8) is 0 Å². The molecule has 0 spiro atoms. The molecule has 6 heteroatoms. The normalized spacial score (nSPS) is 22.5. The standard InChI is InChI=1S/C14H14ClNO2.C7H12F2/c1-9(17)11-7-13(10-4-6-18-8-10)16-5-2-3-12(15)14(11)16;1-6-2-4-7(8,9)5-3-6/h2-3,5,7,10H,4,6,8H2,1H3;6H,2-5H2,1H3. The van der Waals surface area contributed by atoms with Crippen molar-refractivity contribution >= 4 is 22.9 Å². The number of hydrogen-bond acceptors (Lipinski definition) is 2. The van der Waals surface area contributed by atoms with Crippen molar-refractivity contribution in [2.75, 3.05) is 13.2 Å². The van der Waals surface area contributed by atoms with Crippen LogP contribution in [0.4, 0.5) is 8.78 Å². The lowest BCUT2D eigenvalue weighted by Gasteiger charge is -2.25. The van der Waals surface area contributed by atoms with Gasteiger partial charge in [-0.05, 0) is 50.3 Å². The molecule has 0 aromatic carbocycles.